The molecule has 0 aliphatic carbocycles. The standard InChI is InChI=1S/C22H20FN5O2/c1-14-12-28(13-24-14)18-9-4-15(10-19(18)29-2)11-20-25-21(27-22(26-20)30-3)16-5-7-17(23)8-6-16/h4-10,12-13H,11H2,1-3H3. The number of ether oxygens (including phenoxy) is 2. The van der Waals surface area contributed by atoms with Crippen LogP contribution in [0.3, 0.4) is 0 Å². The van der Waals surface area contributed by atoms with Gasteiger partial charge in [0.15, 0.2) is 5.82 Å². The fourth-order valence-electron chi connectivity index (χ4n) is 3.08. The van der Waals surface area contributed by atoms with E-state index in [1.54, 1.807) is 25.6 Å². The van der Waals surface area contributed by atoms with Crippen LogP contribution in [0.25, 0.3) is 17.1 Å². The van der Waals surface area contributed by atoms with Crippen molar-refractivity contribution in [3.05, 3.63) is 77.9 Å². The minimum atomic E-state index is -0.319. The second-order valence-corrected chi connectivity index (χ2v) is 6.67. The van der Waals surface area contributed by atoms with Crippen molar-refractivity contribution in [2.75, 3.05) is 14.2 Å². The van der Waals surface area contributed by atoms with Crippen molar-refractivity contribution < 1.29 is 13.9 Å². The third-order valence-electron chi connectivity index (χ3n) is 4.54. The van der Waals surface area contributed by atoms with E-state index in [-0.39, 0.29) is 11.8 Å². The Morgan fingerprint density at radius 2 is 1.77 bits per heavy atom. The van der Waals surface area contributed by atoms with E-state index in [1.807, 2.05) is 35.9 Å². The second kappa shape index (κ2) is 8.28. The number of benzene rings is 2. The lowest BCUT2D eigenvalue weighted by atomic mass is 10.1. The Bertz CT molecular complexity index is 1170. The van der Waals surface area contributed by atoms with Gasteiger partial charge in [-0.15, -0.1) is 0 Å². The van der Waals surface area contributed by atoms with Crippen LogP contribution in [0.5, 0.6) is 11.8 Å². The zero-order chi connectivity index (χ0) is 21.1. The number of halogens is 1. The van der Waals surface area contributed by atoms with E-state index in [9.17, 15) is 4.39 Å². The summed E-state index contributed by atoms with van der Waals surface area (Å²) in [5, 5.41) is 0. The van der Waals surface area contributed by atoms with E-state index in [0.717, 1.165) is 16.9 Å². The molecule has 0 fully saturated rings. The maximum absolute atomic E-state index is 13.2. The molecule has 0 saturated heterocycles. The maximum Gasteiger partial charge on any atom is 0.319 e. The first-order valence-electron chi connectivity index (χ1n) is 9.28. The van der Waals surface area contributed by atoms with Gasteiger partial charge in [-0.25, -0.2) is 14.4 Å². The summed E-state index contributed by atoms with van der Waals surface area (Å²) in [6.07, 6.45) is 4.13. The van der Waals surface area contributed by atoms with Gasteiger partial charge in [0.2, 0.25) is 0 Å². The molecule has 0 amide bonds. The Morgan fingerprint density at radius 1 is 0.967 bits per heavy atom. The third kappa shape index (κ3) is 4.12. The fourth-order valence-corrected chi connectivity index (χ4v) is 3.08. The van der Waals surface area contributed by atoms with Gasteiger partial charge in [0.1, 0.15) is 17.4 Å². The number of hydrogen-bond acceptors (Lipinski definition) is 6. The van der Waals surface area contributed by atoms with Gasteiger partial charge in [0.05, 0.1) is 31.9 Å². The molecule has 2 heterocycles. The number of nitrogens with zero attached hydrogens (tertiary/aromatic N) is 5. The van der Waals surface area contributed by atoms with E-state index in [4.69, 9.17) is 9.47 Å². The Morgan fingerprint density at radius 3 is 2.43 bits per heavy atom. The third-order valence-corrected chi connectivity index (χ3v) is 4.54. The maximum atomic E-state index is 13.2. The molecule has 0 atom stereocenters. The lowest BCUT2D eigenvalue weighted by Crippen LogP contribution is -2.05. The number of hydrogen-bond donors (Lipinski definition) is 0. The van der Waals surface area contributed by atoms with E-state index >= 15 is 0 Å². The average molecular weight is 405 g/mol. The molecule has 4 aromatic rings. The molecular weight excluding hydrogens is 385 g/mol. The summed E-state index contributed by atoms with van der Waals surface area (Å²) in [4.78, 5) is 17.4. The van der Waals surface area contributed by atoms with E-state index < -0.39 is 0 Å². The minimum Gasteiger partial charge on any atom is -0.495 e. The van der Waals surface area contributed by atoms with Crippen molar-refractivity contribution >= 4 is 0 Å². The Kier molecular flexibility index (Phi) is 5.38. The molecule has 0 saturated carbocycles. The van der Waals surface area contributed by atoms with Crippen LogP contribution in [-0.2, 0) is 6.42 Å². The molecule has 152 valence electrons. The van der Waals surface area contributed by atoms with Gasteiger partial charge in [-0.1, -0.05) is 6.07 Å². The summed E-state index contributed by atoms with van der Waals surface area (Å²) in [5.74, 6) is 1.36. The van der Waals surface area contributed by atoms with Gasteiger partial charge in [-0.3, -0.25) is 0 Å². The van der Waals surface area contributed by atoms with Gasteiger partial charge in [-0.2, -0.15) is 9.97 Å². The molecule has 2 aromatic carbocycles. The molecular formula is C22H20FN5O2. The quantitative estimate of drug-likeness (QED) is 0.486. The molecule has 0 unspecified atom stereocenters. The van der Waals surface area contributed by atoms with Crippen LogP contribution in [0, 0.1) is 12.7 Å². The largest absolute Gasteiger partial charge is 0.495 e. The SMILES string of the molecule is COc1nc(Cc2ccc(-n3cnc(C)c3)c(OC)c2)nc(-c2ccc(F)cc2)n1. The molecule has 0 N–H and O–H groups in total. The molecule has 4 rings (SSSR count). The van der Waals surface area contributed by atoms with Crippen LogP contribution in [0.4, 0.5) is 4.39 Å². The molecule has 2 aromatic heterocycles. The van der Waals surface area contributed by atoms with Crippen LogP contribution in [-0.4, -0.2) is 38.7 Å². The lowest BCUT2D eigenvalue weighted by Gasteiger charge is -2.11. The molecule has 30 heavy (non-hydrogen) atoms. The highest BCUT2D eigenvalue weighted by Crippen LogP contribution is 2.26. The van der Waals surface area contributed by atoms with Crippen molar-refractivity contribution in [1.82, 2.24) is 24.5 Å². The average Bonchev–Trinajstić information content (AvgIpc) is 3.20. The van der Waals surface area contributed by atoms with Crippen molar-refractivity contribution in [3.8, 4) is 28.8 Å². The van der Waals surface area contributed by atoms with Gasteiger partial charge in [0, 0.05) is 18.2 Å². The first-order chi connectivity index (χ1) is 14.6. The number of rotatable bonds is 6. The first kappa shape index (κ1) is 19.5. The van der Waals surface area contributed by atoms with Gasteiger partial charge >= 0.3 is 6.01 Å². The van der Waals surface area contributed by atoms with Crippen LogP contribution < -0.4 is 9.47 Å². The Hall–Kier alpha value is -3.81. The first-order valence-corrected chi connectivity index (χ1v) is 9.28. The highest BCUT2D eigenvalue weighted by atomic mass is 19.1. The van der Waals surface area contributed by atoms with Crippen molar-refractivity contribution in [2.24, 2.45) is 0 Å². The zero-order valence-electron chi connectivity index (χ0n) is 16.8. The van der Waals surface area contributed by atoms with Crippen molar-refractivity contribution in [3.63, 3.8) is 0 Å². The van der Waals surface area contributed by atoms with Crippen LogP contribution >= 0.6 is 0 Å². The van der Waals surface area contributed by atoms with Crippen LogP contribution in [0.1, 0.15) is 17.1 Å². The van der Waals surface area contributed by atoms with Crippen molar-refractivity contribution in [1.29, 1.82) is 0 Å². The molecule has 7 nitrogen and oxygen atoms in total. The van der Waals surface area contributed by atoms with Crippen LogP contribution in [0.15, 0.2) is 55.0 Å². The van der Waals surface area contributed by atoms with Crippen LogP contribution in [0.2, 0.25) is 0 Å². The van der Waals surface area contributed by atoms with E-state index in [2.05, 4.69) is 19.9 Å². The number of aromatic nitrogens is 5. The number of imidazole rings is 1. The monoisotopic (exact) mass is 405 g/mol. The Balaban J connectivity index is 1.66. The molecule has 0 radical (unpaired) electrons. The van der Waals surface area contributed by atoms with Gasteiger partial charge in [-0.05, 0) is 48.9 Å². The lowest BCUT2D eigenvalue weighted by molar-refractivity contribution is 0.376. The fraction of sp³-hybridized carbons (Fsp3) is 0.182. The van der Waals surface area contributed by atoms with Crippen molar-refractivity contribution in [2.45, 2.75) is 13.3 Å². The predicted octanol–water partition coefficient (Wildman–Crippen LogP) is 3.78. The Labute approximate surface area is 173 Å². The summed E-state index contributed by atoms with van der Waals surface area (Å²) >= 11 is 0. The number of aryl methyl sites for hydroxylation is 1. The van der Waals surface area contributed by atoms with Gasteiger partial charge in [0.25, 0.3) is 0 Å². The molecule has 0 aliphatic rings. The molecule has 0 bridgehead atoms. The summed E-state index contributed by atoms with van der Waals surface area (Å²) in [6.45, 7) is 1.93. The molecule has 0 aliphatic heterocycles. The molecule has 8 heteroatoms. The zero-order valence-corrected chi connectivity index (χ0v) is 16.8. The highest BCUT2D eigenvalue weighted by Gasteiger charge is 2.12. The number of methoxy groups -OCH3 is 2. The van der Waals surface area contributed by atoms with Gasteiger partial charge < -0.3 is 14.0 Å². The molecule has 0 spiro atoms. The normalized spacial score (nSPS) is 10.8. The second-order valence-electron chi connectivity index (χ2n) is 6.67. The predicted molar refractivity (Wildman–Crippen MR) is 109 cm³/mol. The summed E-state index contributed by atoms with van der Waals surface area (Å²) in [5.41, 5.74) is 3.46. The summed E-state index contributed by atoms with van der Waals surface area (Å²) in [7, 11) is 3.13. The minimum absolute atomic E-state index is 0.205. The van der Waals surface area contributed by atoms with E-state index in [1.165, 1.54) is 19.2 Å². The highest BCUT2D eigenvalue weighted by molar-refractivity contribution is 5.55. The summed E-state index contributed by atoms with van der Waals surface area (Å²) in [6, 6.07) is 12.1. The topological polar surface area (TPSA) is 75.0 Å². The summed E-state index contributed by atoms with van der Waals surface area (Å²) < 4.78 is 26.0. The smallest absolute Gasteiger partial charge is 0.319 e. The van der Waals surface area contributed by atoms with E-state index in [0.29, 0.717) is 29.4 Å².